The van der Waals surface area contributed by atoms with Gasteiger partial charge in [0.25, 0.3) is 0 Å². The van der Waals surface area contributed by atoms with Crippen LogP contribution in [0.3, 0.4) is 0 Å². The van der Waals surface area contributed by atoms with E-state index in [-0.39, 0.29) is 0 Å². The van der Waals surface area contributed by atoms with E-state index in [4.69, 9.17) is 5.10 Å². The van der Waals surface area contributed by atoms with Crippen LogP contribution >= 0.6 is 0 Å². The Bertz CT molecular complexity index is 597. The first-order valence-corrected chi connectivity index (χ1v) is 9.60. The van der Waals surface area contributed by atoms with Crippen molar-refractivity contribution in [3.63, 3.8) is 0 Å². The summed E-state index contributed by atoms with van der Waals surface area (Å²) < 4.78 is 2.15. The lowest BCUT2D eigenvalue weighted by Crippen LogP contribution is -2.43. The molecular weight excluding hydrogens is 296 g/mol. The molecule has 3 aliphatic heterocycles. The lowest BCUT2D eigenvalue weighted by atomic mass is 9.95. The SMILES string of the molecule is CCn1nc(C)c(CN2C[C@H]3CC[C@@H](C2)N(CC=C(C)C)C3)c1C. The highest BCUT2D eigenvalue weighted by Gasteiger charge is 2.34. The van der Waals surface area contributed by atoms with E-state index in [9.17, 15) is 0 Å². The second-order valence-electron chi connectivity index (χ2n) is 7.99. The molecule has 4 nitrogen and oxygen atoms in total. The van der Waals surface area contributed by atoms with Crippen molar-refractivity contribution in [3.8, 4) is 0 Å². The third kappa shape index (κ3) is 3.75. The number of nitrogens with zero attached hydrogens (tertiary/aromatic N) is 4. The number of hydrogen-bond donors (Lipinski definition) is 0. The highest BCUT2D eigenvalue weighted by Crippen LogP contribution is 2.29. The molecule has 0 aliphatic carbocycles. The lowest BCUT2D eigenvalue weighted by molar-refractivity contribution is 0.146. The molecule has 3 saturated heterocycles. The molecule has 0 aromatic carbocycles. The molecule has 0 unspecified atom stereocenters. The van der Waals surface area contributed by atoms with Crippen LogP contribution in [0, 0.1) is 19.8 Å². The Morgan fingerprint density at radius 3 is 2.62 bits per heavy atom. The summed E-state index contributed by atoms with van der Waals surface area (Å²) in [5, 5.41) is 4.71. The number of allylic oxidation sites excluding steroid dienone is 1. The zero-order chi connectivity index (χ0) is 17.3. The van der Waals surface area contributed by atoms with Crippen LogP contribution in [0.1, 0.15) is 50.6 Å². The van der Waals surface area contributed by atoms with E-state index in [2.05, 4.69) is 55.2 Å². The van der Waals surface area contributed by atoms with Crippen LogP contribution < -0.4 is 0 Å². The molecule has 24 heavy (non-hydrogen) atoms. The van der Waals surface area contributed by atoms with E-state index < -0.39 is 0 Å². The Kier molecular flexibility index (Phi) is 5.46. The molecule has 4 heteroatoms. The Morgan fingerprint density at radius 2 is 1.96 bits per heavy atom. The molecule has 0 radical (unpaired) electrons. The highest BCUT2D eigenvalue weighted by atomic mass is 15.3. The second kappa shape index (κ2) is 7.40. The molecule has 0 amide bonds. The van der Waals surface area contributed by atoms with Crippen molar-refractivity contribution < 1.29 is 0 Å². The van der Waals surface area contributed by atoms with Crippen molar-refractivity contribution in [1.82, 2.24) is 19.6 Å². The maximum Gasteiger partial charge on any atom is 0.0641 e. The first kappa shape index (κ1) is 17.7. The normalized spacial score (nSPS) is 25.0. The summed E-state index contributed by atoms with van der Waals surface area (Å²) in [6, 6.07) is 0.723. The van der Waals surface area contributed by atoms with E-state index in [1.807, 2.05) is 0 Å². The average molecular weight is 331 g/mol. The van der Waals surface area contributed by atoms with Crippen molar-refractivity contribution in [2.24, 2.45) is 5.92 Å². The van der Waals surface area contributed by atoms with Crippen molar-refractivity contribution in [3.05, 3.63) is 28.6 Å². The summed E-state index contributed by atoms with van der Waals surface area (Å²) >= 11 is 0. The second-order valence-corrected chi connectivity index (χ2v) is 7.99. The van der Waals surface area contributed by atoms with Gasteiger partial charge in [0.15, 0.2) is 0 Å². The van der Waals surface area contributed by atoms with Crippen LogP contribution in [0.5, 0.6) is 0 Å². The summed E-state index contributed by atoms with van der Waals surface area (Å²) in [6.07, 6.45) is 5.16. The van der Waals surface area contributed by atoms with Crippen LogP contribution in [0.15, 0.2) is 11.6 Å². The predicted octanol–water partition coefficient (Wildman–Crippen LogP) is 3.38. The Balaban J connectivity index is 1.71. The number of aromatic nitrogens is 2. The van der Waals surface area contributed by atoms with Gasteiger partial charge < -0.3 is 0 Å². The topological polar surface area (TPSA) is 24.3 Å². The van der Waals surface area contributed by atoms with E-state index in [1.165, 1.54) is 55.0 Å². The van der Waals surface area contributed by atoms with Crippen LogP contribution in [-0.4, -0.2) is 51.8 Å². The van der Waals surface area contributed by atoms with E-state index in [1.54, 1.807) is 0 Å². The molecule has 4 rings (SSSR count). The average Bonchev–Trinajstić information content (AvgIpc) is 2.73. The van der Waals surface area contributed by atoms with Gasteiger partial charge in [-0.1, -0.05) is 11.6 Å². The van der Waals surface area contributed by atoms with E-state index >= 15 is 0 Å². The van der Waals surface area contributed by atoms with Gasteiger partial charge in [-0.3, -0.25) is 14.5 Å². The van der Waals surface area contributed by atoms with E-state index in [0.717, 1.165) is 31.6 Å². The summed E-state index contributed by atoms with van der Waals surface area (Å²) in [4.78, 5) is 5.41. The number of hydrogen-bond acceptors (Lipinski definition) is 3. The standard InChI is InChI=1S/C20H34N4/c1-6-24-17(5)20(16(4)21-24)14-22-11-18-7-8-19(13-22)23(12-18)10-9-15(2)3/h9,18-19H,6-8,10-14H2,1-5H3/t18-,19+/m1/s1. The molecule has 134 valence electrons. The van der Waals surface area contributed by atoms with Crippen LogP contribution in [0.4, 0.5) is 0 Å². The fourth-order valence-electron chi connectivity index (χ4n) is 4.42. The first-order chi connectivity index (χ1) is 11.5. The van der Waals surface area contributed by atoms with Crippen molar-refractivity contribution in [2.45, 2.75) is 66.6 Å². The molecule has 1 aromatic heterocycles. The molecule has 0 saturated carbocycles. The minimum Gasteiger partial charge on any atom is -0.297 e. The van der Waals surface area contributed by atoms with Crippen LogP contribution in [0.25, 0.3) is 0 Å². The molecule has 1 aromatic rings. The fraction of sp³-hybridized carbons (Fsp3) is 0.750. The minimum absolute atomic E-state index is 0.723. The maximum atomic E-state index is 4.71. The Labute approximate surface area is 147 Å². The van der Waals surface area contributed by atoms with Crippen LogP contribution in [-0.2, 0) is 13.1 Å². The van der Waals surface area contributed by atoms with Gasteiger partial charge in [-0.25, -0.2) is 0 Å². The molecule has 3 fully saturated rings. The number of aryl methyl sites for hydroxylation is 2. The third-order valence-electron chi connectivity index (χ3n) is 5.85. The summed E-state index contributed by atoms with van der Waals surface area (Å²) in [6.45, 7) is 17.9. The Hall–Kier alpha value is -1.13. The predicted molar refractivity (Wildman–Crippen MR) is 100 cm³/mol. The summed E-state index contributed by atoms with van der Waals surface area (Å²) in [5.41, 5.74) is 5.46. The molecule has 4 heterocycles. The van der Waals surface area contributed by atoms with Crippen molar-refractivity contribution in [2.75, 3.05) is 26.2 Å². The van der Waals surface area contributed by atoms with Gasteiger partial charge >= 0.3 is 0 Å². The zero-order valence-electron chi connectivity index (χ0n) is 16.2. The largest absolute Gasteiger partial charge is 0.297 e. The van der Waals surface area contributed by atoms with Gasteiger partial charge in [0.2, 0.25) is 0 Å². The third-order valence-corrected chi connectivity index (χ3v) is 5.85. The number of fused-ring (bicyclic) bond motifs is 4. The van der Waals surface area contributed by atoms with Gasteiger partial charge in [0.05, 0.1) is 5.69 Å². The number of rotatable bonds is 5. The Morgan fingerprint density at radius 1 is 1.17 bits per heavy atom. The fourth-order valence-corrected chi connectivity index (χ4v) is 4.42. The van der Waals surface area contributed by atoms with Crippen molar-refractivity contribution in [1.29, 1.82) is 0 Å². The quantitative estimate of drug-likeness (QED) is 0.774. The monoisotopic (exact) mass is 330 g/mol. The summed E-state index contributed by atoms with van der Waals surface area (Å²) in [7, 11) is 0. The smallest absolute Gasteiger partial charge is 0.0641 e. The molecule has 2 atom stereocenters. The minimum atomic E-state index is 0.723. The molecule has 2 bridgehead atoms. The highest BCUT2D eigenvalue weighted by molar-refractivity contribution is 5.24. The summed E-state index contributed by atoms with van der Waals surface area (Å²) in [5.74, 6) is 0.830. The lowest BCUT2D eigenvalue weighted by Gasteiger charge is -2.35. The molecule has 0 N–H and O–H groups in total. The van der Waals surface area contributed by atoms with Gasteiger partial charge in [-0.05, 0) is 53.4 Å². The van der Waals surface area contributed by atoms with Gasteiger partial charge in [-0.2, -0.15) is 5.10 Å². The van der Waals surface area contributed by atoms with Gasteiger partial charge in [0, 0.05) is 56.6 Å². The zero-order valence-corrected chi connectivity index (χ0v) is 16.2. The number of piperidine rings is 1. The maximum absolute atomic E-state index is 4.71. The van der Waals surface area contributed by atoms with Crippen LogP contribution in [0.2, 0.25) is 0 Å². The van der Waals surface area contributed by atoms with Gasteiger partial charge in [-0.15, -0.1) is 0 Å². The first-order valence-electron chi connectivity index (χ1n) is 9.60. The molecule has 3 aliphatic rings. The van der Waals surface area contributed by atoms with Gasteiger partial charge in [0.1, 0.15) is 0 Å². The molecular formula is C20H34N4. The van der Waals surface area contributed by atoms with E-state index in [0.29, 0.717) is 0 Å². The van der Waals surface area contributed by atoms with Crippen molar-refractivity contribution >= 4 is 0 Å². The molecule has 0 spiro atoms.